The molecule has 4 aromatic rings. The third-order valence-corrected chi connectivity index (χ3v) is 9.88. The van der Waals surface area contributed by atoms with Gasteiger partial charge in [-0.25, -0.2) is 4.79 Å². The van der Waals surface area contributed by atoms with E-state index in [9.17, 15) is 24.0 Å². The van der Waals surface area contributed by atoms with Gasteiger partial charge in [-0.2, -0.15) is 0 Å². The minimum atomic E-state index is -1.44. The summed E-state index contributed by atoms with van der Waals surface area (Å²) in [4.78, 5) is 70.6. The van der Waals surface area contributed by atoms with E-state index in [1.807, 2.05) is 82.3 Å². The maximum atomic E-state index is 14.6. The Morgan fingerprint density at radius 2 is 1.58 bits per heavy atom. The van der Waals surface area contributed by atoms with Gasteiger partial charge < -0.3 is 36.7 Å². The second-order valence-corrected chi connectivity index (χ2v) is 13.9. The van der Waals surface area contributed by atoms with Crippen molar-refractivity contribution in [2.75, 3.05) is 0 Å². The highest BCUT2D eigenvalue weighted by Crippen LogP contribution is 2.35. The number of carbonyl (C=O) groups excluding carboxylic acids is 5. The molecule has 12 heteroatoms. The number of benzene rings is 3. The number of nitrogens with two attached hydrogens (primary N) is 1. The van der Waals surface area contributed by atoms with Crippen LogP contribution in [0.4, 0.5) is 4.79 Å². The van der Waals surface area contributed by atoms with Gasteiger partial charge in [0.05, 0.1) is 0 Å². The summed E-state index contributed by atoms with van der Waals surface area (Å²) < 4.78 is 5.45. The van der Waals surface area contributed by atoms with Crippen LogP contribution in [0.3, 0.4) is 0 Å². The van der Waals surface area contributed by atoms with Gasteiger partial charge in [0, 0.05) is 35.1 Å². The fraction of sp³-hybridized carbons (Fsp3) is 0.375. The largest absolute Gasteiger partial charge is 0.445 e. The lowest BCUT2D eigenvalue weighted by molar-refractivity contribution is -0.138. The summed E-state index contributed by atoms with van der Waals surface area (Å²) in [5, 5.41) is 12.6. The smallest absolute Gasteiger partial charge is 0.408 e. The Morgan fingerprint density at radius 1 is 0.865 bits per heavy atom. The number of primary amides is 1. The molecule has 1 aliphatic rings. The van der Waals surface area contributed by atoms with Crippen molar-refractivity contribution >= 4 is 40.6 Å². The lowest BCUT2D eigenvalue weighted by Crippen LogP contribution is -2.67. The summed E-state index contributed by atoms with van der Waals surface area (Å²) in [7, 11) is 0. The number of aromatic amines is 1. The molecule has 3 aromatic carbocycles. The van der Waals surface area contributed by atoms with Crippen LogP contribution in [-0.2, 0) is 45.1 Å². The van der Waals surface area contributed by atoms with Crippen molar-refractivity contribution in [3.63, 3.8) is 0 Å². The van der Waals surface area contributed by atoms with E-state index in [-0.39, 0.29) is 37.8 Å². The quantitative estimate of drug-likeness (QED) is 0.113. The van der Waals surface area contributed by atoms with E-state index in [0.717, 1.165) is 27.7 Å². The molecule has 5 amide bonds. The first-order valence-electron chi connectivity index (χ1n) is 17.8. The van der Waals surface area contributed by atoms with E-state index in [2.05, 4.69) is 26.3 Å². The normalized spacial score (nSPS) is 16.9. The van der Waals surface area contributed by atoms with E-state index in [1.165, 1.54) is 0 Å². The van der Waals surface area contributed by atoms with Gasteiger partial charge in [-0.1, -0.05) is 94.8 Å². The Balaban J connectivity index is 1.39. The Hall–Kier alpha value is -5.65. The highest BCUT2D eigenvalue weighted by Gasteiger charge is 2.46. The van der Waals surface area contributed by atoms with Gasteiger partial charge in [0.25, 0.3) is 0 Å². The Morgan fingerprint density at radius 3 is 2.29 bits per heavy atom. The highest BCUT2D eigenvalue weighted by atomic mass is 16.5. The van der Waals surface area contributed by atoms with Crippen molar-refractivity contribution in [1.29, 1.82) is 0 Å². The molecule has 0 radical (unpaired) electrons. The van der Waals surface area contributed by atoms with Gasteiger partial charge in [0.1, 0.15) is 24.2 Å². The number of hydrogen-bond donors (Lipinski definition) is 6. The molecule has 274 valence electrons. The standard InChI is InChI=1S/C40H48N6O6/c1-5-25(4)34(45-39(51)52-23-26-12-7-6-8-13-26)37(49)46-40(19-18-32-30(21-40)29-16-9-10-17-31(29)43-32)38(50)44-33(24(2)3)36(48)42-22-27-14-11-15-28(20-27)35(41)47/h6-17,20,24-25,33-34,43H,5,18-19,21-23H2,1-4H3,(H2,41,47)(H,42,48)(H,44,50)(H,45,51)(H,46,49)/t25-,33-,34-,40+/m0/s1. The first kappa shape index (κ1) is 37.6. The van der Waals surface area contributed by atoms with Crippen LogP contribution in [-0.4, -0.2) is 52.3 Å². The summed E-state index contributed by atoms with van der Waals surface area (Å²) in [5.41, 5.74) is 8.59. The van der Waals surface area contributed by atoms with Gasteiger partial charge in [0.15, 0.2) is 0 Å². The molecule has 1 heterocycles. The number of rotatable bonds is 14. The number of ether oxygens (including phenoxy) is 1. The minimum Gasteiger partial charge on any atom is -0.445 e. The lowest BCUT2D eigenvalue weighted by Gasteiger charge is -2.39. The number of H-pyrrole nitrogens is 1. The van der Waals surface area contributed by atoms with Crippen LogP contribution in [0.1, 0.15) is 73.3 Å². The Labute approximate surface area is 303 Å². The highest BCUT2D eigenvalue weighted by molar-refractivity contribution is 5.98. The molecule has 5 rings (SSSR count). The number of nitrogens with one attached hydrogen (secondary N) is 5. The number of para-hydroxylation sites is 1. The molecule has 0 spiro atoms. The second kappa shape index (κ2) is 16.6. The fourth-order valence-corrected chi connectivity index (χ4v) is 6.61. The molecule has 52 heavy (non-hydrogen) atoms. The summed E-state index contributed by atoms with van der Waals surface area (Å²) in [6.07, 6.45) is 0.710. The third kappa shape index (κ3) is 8.79. The molecule has 12 nitrogen and oxygen atoms in total. The molecule has 0 aliphatic heterocycles. The number of amides is 5. The van der Waals surface area contributed by atoms with Crippen LogP contribution in [0, 0.1) is 11.8 Å². The fourth-order valence-electron chi connectivity index (χ4n) is 6.61. The summed E-state index contributed by atoms with van der Waals surface area (Å²) in [6, 6.07) is 21.7. The van der Waals surface area contributed by atoms with Gasteiger partial charge in [-0.3, -0.25) is 19.2 Å². The van der Waals surface area contributed by atoms with Crippen LogP contribution < -0.4 is 27.0 Å². The van der Waals surface area contributed by atoms with Crippen molar-refractivity contribution in [2.24, 2.45) is 17.6 Å². The maximum absolute atomic E-state index is 14.6. The number of alkyl carbamates (subject to hydrolysis) is 1. The maximum Gasteiger partial charge on any atom is 0.408 e. The summed E-state index contributed by atoms with van der Waals surface area (Å²) >= 11 is 0. The van der Waals surface area contributed by atoms with E-state index in [4.69, 9.17) is 10.5 Å². The summed E-state index contributed by atoms with van der Waals surface area (Å²) in [6.45, 7) is 7.57. The number of fused-ring (bicyclic) bond motifs is 3. The number of aromatic nitrogens is 1. The molecule has 0 saturated heterocycles. The number of aryl methyl sites for hydroxylation is 1. The molecule has 0 bridgehead atoms. The zero-order valence-electron chi connectivity index (χ0n) is 30.1. The number of carbonyl (C=O) groups is 5. The molecule has 0 unspecified atom stereocenters. The van der Waals surface area contributed by atoms with Crippen molar-refractivity contribution < 1.29 is 28.7 Å². The topological polar surface area (TPSA) is 185 Å². The minimum absolute atomic E-state index is 0.0342. The Bertz CT molecular complexity index is 1920. The predicted octanol–water partition coefficient (Wildman–Crippen LogP) is 4.41. The average Bonchev–Trinajstić information content (AvgIpc) is 3.51. The SMILES string of the molecule is CC[C@H](C)[C@H](NC(=O)OCc1ccccc1)C(=O)N[C@]1(C(=O)N[C@H](C(=O)NCc2cccc(C(N)=O)c2)C(C)C)CCc2[nH]c3ccccc3c2C1. The molecule has 4 atom stereocenters. The van der Waals surface area contributed by atoms with Crippen LogP contribution in [0.15, 0.2) is 78.9 Å². The monoisotopic (exact) mass is 708 g/mol. The van der Waals surface area contributed by atoms with Gasteiger partial charge in [-0.05, 0) is 59.6 Å². The van der Waals surface area contributed by atoms with Crippen molar-refractivity contribution in [1.82, 2.24) is 26.3 Å². The Kier molecular flexibility index (Phi) is 12.0. The van der Waals surface area contributed by atoms with Crippen molar-refractivity contribution in [3.8, 4) is 0 Å². The molecule has 7 N–H and O–H groups in total. The zero-order chi connectivity index (χ0) is 37.4. The average molecular weight is 709 g/mol. The van der Waals surface area contributed by atoms with Crippen LogP contribution in [0.25, 0.3) is 10.9 Å². The molecule has 1 aliphatic carbocycles. The van der Waals surface area contributed by atoms with Gasteiger partial charge in [-0.15, -0.1) is 0 Å². The first-order chi connectivity index (χ1) is 24.9. The lowest BCUT2D eigenvalue weighted by atomic mass is 9.78. The molecular formula is C40H48N6O6. The molecular weight excluding hydrogens is 660 g/mol. The predicted molar refractivity (Wildman–Crippen MR) is 198 cm³/mol. The van der Waals surface area contributed by atoms with E-state index in [1.54, 1.807) is 24.3 Å². The van der Waals surface area contributed by atoms with Gasteiger partial charge >= 0.3 is 6.09 Å². The van der Waals surface area contributed by atoms with Crippen molar-refractivity contribution in [2.45, 2.75) is 84.2 Å². The number of hydrogen-bond acceptors (Lipinski definition) is 6. The van der Waals surface area contributed by atoms with Crippen LogP contribution >= 0.6 is 0 Å². The van der Waals surface area contributed by atoms with Crippen molar-refractivity contribution in [3.05, 3.63) is 107 Å². The van der Waals surface area contributed by atoms with E-state index in [0.29, 0.717) is 24.0 Å². The molecule has 0 fully saturated rings. The molecule has 1 aromatic heterocycles. The van der Waals surface area contributed by atoms with E-state index >= 15 is 0 Å². The second-order valence-electron chi connectivity index (χ2n) is 13.9. The third-order valence-electron chi connectivity index (χ3n) is 9.88. The van der Waals surface area contributed by atoms with Crippen LogP contribution in [0.2, 0.25) is 0 Å². The van der Waals surface area contributed by atoms with E-state index < -0.39 is 47.3 Å². The van der Waals surface area contributed by atoms with Gasteiger partial charge in [0.2, 0.25) is 23.6 Å². The van der Waals surface area contributed by atoms with Crippen LogP contribution in [0.5, 0.6) is 0 Å². The first-order valence-corrected chi connectivity index (χ1v) is 17.8. The molecule has 0 saturated carbocycles. The zero-order valence-corrected chi connectivity index (χ0v) is 30.1. The summed E-state index contributed by atoms with van der Waals surface area (Å²) in [5.74, 6) is -2.62.